The van der Waals surface area contributed by atoms with Gasteiger partial charge in [-0.1, -0.05) is 48.2 Å². The SMILES string of the molecule is CC(C)C(=O)NCc1nnc(S(=O)(=O)Cc2c(Cl)cccc2Cl)o1. The van der Waals surface area contributed by atoms with Gasteiger partial charge in [-0.2, -0.15) is 0 Å². The molecule has 0 saturated heterocycles. The Morgan fingerprint density at radius 1 is 1.25 bits per heavy atom. The molecule has 0 unspecified atom stereocenters. The predicted molar refractivity (Wildman–Crippen MR) is 88.3 cm³/mol. The van der Waals surface area contributed by atoms with Crippen molar-refractivity contribution in [3.8, 4) is 0 Å². The van der Waals surface area contributed by atoms with E-state index in [1.165, 1.54) is 0 Å². The number of aromatic nitrogens is 2. The Balaban J connectivity index is 2.15. The van der Waals surface area contributed by atoms with Crippen LogP contribution in [0.4, 0.5) is 0 Å². The van der Waals surface area contributed by atoms with Crippen LogP contribution >= 0.6 is 23.2 Å². The van der Waals surface area contributed by atoms with Gasteiger partial charge >= 0.3 is 5.22 Å². The Morgan fingerprint density at radius 3 is 2.46 bits per heavy atom. The molecule has 7 nitrogen and oxygen atoms in total. The first-order chi connectivity index (χ1) is 11.2. The average Bonchev–Trinajstić information content (AvgIpc) is 2.98. The summed E-state index contributed by atoms with van der Waals surface area (Å²) in [5.74, 6) is -0.891. The van der Waals surface area contributed by atoms with Crippen molar-refractivity contribution in [3.63, 3.8) is 0 Å². The molecule has 1 amide bonds. The van der Waals surface area contributed by atoms with Gasteiger partial charge in [0.05, 0.1) is 12.3 Å². The van der Waals surface area contributed by atoms with Crippen molar-refractivity contribution in [1.82, 2.24) is 15.5 Å². The standard InChI is InChI=1S/C14H15Cl2N3O4S/c1-8(2)13(20)17-6-12-18-19-14(23-12)24(21,22)7-9-10(15)4-3-5-11(9)16/h3-5,8H,6-7H2,1-2H3,(H,17,20). The van der Waals surface area contributed by atoms with Gasteiger partial charge in [0.2, 0.25) is 21.6 Å². The minimum Gasteiger partial charge on any atom is -0.411 e. The number of sulfone groups is 1. The molecule has 0 atom stereocenters. The largest absolute Gasteiger partial charge is 0.411 e. The van der Waals surface area contributed by atoms with Gasteiger partial charge in [-0.05, 0) is 12.1 Å². The van der Waals surface area contributed by atoms with Crippen LogP contribution in [0.2, 0.25) is 10.0 Å². The van der Waals surface area contributed by atoms with Crippen LogP contribution in [0.15, 0.2) is 27.8 Å². The molecule has 24 heavy (non-hydrogen) atoms. The zero-order valence-corrected chi connectivity index (χ0v) is 15.2. The second kappa shape index (κ2) is 7.50. The Hall–Kier alpha value is -1.64. The third-order valence-corrected chi connectivity index (χ3v) is 5.12. The fourth-order valence-electron chi connectivity index (χ4n) is 1.72. The van der Waals surface area contributed by atoms with E-state index >= 15 is 0 Å². The summed E-state index contributed by atoms with van der Waals surface area (Å²) in [6.07, 6.45) is 0. The van der Waals surface area contributed by atoms with Crippen LogP contribution in [0, 0.1) is 5.92 Å². The van der Waals surface area contributed by atoms with E-state index < -0.39 is 20.8 Å². The highest BCUT2D eigenvalue weighted by molar-refractivity contribution is 7.90. The maximum atomic E-state index is 12.4. The lowest BCUT2D eigenvalue weighted by Crippen LogP contribution is -2.27. The van der Waals surface area contributed by atoms with Crippen LogP contribution in [0.3, 0.4) is 0 Å². The molecule has 10 heteroatoms. The summed E-state index contributed by atoms with van der Waals surface area (Å²) in [5, 5.41) is 9.62. The first-order valence-electron chi connectivity index (χ1n) is 6.96. The van der Waals surface area contributed by atoms with Gasteiger partial charge < -0.3 is 9.73 Å². The minimum absolute atomic E-state index is 0.00664. The Labute approximate surface area is 149 Å². The molecule has 130 valence electrons. The Kier molecular flexibility index (Phi) is 5.84. The van der Waals surface area contributed by atoms with Gasteiger partial charge in [0.1, 0.15) is 0 Å². The number of benzene rings is 1. The molecule has 0 aliphatic rings. The zero-order valence-electron chi connectivity index (χ0n) is 12.9. The number of amides is 1. The smallest absolute Gasteiger partial charge is 0.335 e. The number of rotatable bonds is 6. The van der Waals surface area contributed by atoms with Gasteiger partial charge in [0.15, 0.2) is 0 Å². The molecule has 0 aliphatic carbocycles. The Bertz CT molecular complexity index is 829. The van der Waals surface area contributed by atoms with Gasteiger partial charge in [-0.3, -0.25) is 4.79 Å². The molecule has 2 aromatic rings. The normalized spacial score (nSPS) is 11.7. The maximum Gasteiger partial charge on any atom is 0.335 e. The fraction of sp³-hybridized carbons (Fsp3) is 0.357. The van der Waals surface area contributed by atoms with E-state index in [4.69, 9.17) is 27.6 Å². The van der Waals surface area contributed by atoms with Crippen molar-refractivity contribution < 1.29 is 17.6 Å². The molecule has 0 saturated carbocycles. The van der Waals surface area contributed by atoms with Crippen molar-refractivity contribution in [1.29, 1.82) is 0 Å². The summed E-state index contributed by atoms with van der Waals surface area (Å²) in [4.78, 5) is 11.5. The highest BCUT2D eigenvalue weighted by atomic mass is 35.5. The maximum absolute atomic E-state index is 12.4. The molecule has 0 radical (unpaired) electrons. The van der Waals surface area contributed by atoms with E-state index in [0.717, 1.165) is 0 Å². The lowest BCUT2D eigenvalue weighted by molar-refractivity contribution is -0.124. The zero-order chi connectivity index (χ0) is 17.9. The second-order valence-corrected chi connectivity index (χ2v) is 7.98. The number of halogens is 2. The van der Waals surface area contributed by atoms with Gasteiger partial charge in [-0.25, -0.2) is 8.42 Å². The fourth-order valence-corrected chi connectivity index (χ4v) is 3.62. The average molecular weight is 392 g/mol. The van der Waals surface area contributed by atoms with E-state index in [-0.39, 0.29) is 39.9 Å². The topological polar surface area (TPSA) is 102 Å². The summed E-state index contributed by atoms with van der Waals surface area (Å²) in [5.41, 5.74) is 0.258. The highest BCUT2D eigenvalue weighted by Crippen LogP contribution is 2.28. The number of carbonyl (C=O) groups excluding carboxylic acids is 1. The number of nitrogens with zero attached hydrogens (tertiary/aromatic N) is 2. The van der Waals surface area contributed by atoms with E-state index in [2.05, 4.69) is 15.5 Å². The number of hydrogen-bond acceptors (Lipinski definition) is 6. The molecule has 1 N–H and O–H groups in total. The van der Waals surface area contributed by atoms with E-state index in [1.54, 1.807) is 32.0 Å². The molecular formula is C14H15Cl2N3O4S. The van der Waals surface area contributed by atoms with Crippen molar-refractivity contribution >= 4 is 38.9 Å². The second-order valence-electron chi connectivity index (χ2n) is 5.29. The van der Waals surface area contributed by atoms with E-state index in [1.807, 2.05) is 0 Å². The number of hydrogen-bond donors (Lipinski definition) is 1. The molecule has 1 aromatic carbocycles. The lowest BCUT2D eigenvalue weighted by atomic mass is 10.2. The third-order valence-electron chi connectivity index (χ3n) is 3.05. The van der Waals surface area contributed by atoms with E-state index in [0.29, 0.717) is 0 Å². The molecule has 0 spiro atoms. The van der Waals surface area contributed by atoms with Crippen molar-refractivity contribution in [3.05, 3.63) is 39.7 Å². The van der Waals surface area contributed by atoms with Gasteiger partial charge in [0.25, 0.3) is 0 Å². The summed E-state index contributed by atoms with van der Waals surface area (Å²) < 4.78 is 29.8. The molecule has 1 heterocycles. The van der Waals surface area contributed by atoms with Crippen LogP contribution < -0.4 is 5.32 Å². The molecule has 0 bridgehead atoms. The molecule has 0 aliphatic heterocycles. The Morgan fingerprint density at radius 2 is 1.88 bits per heavy atom. The number of carbonyl (C=O) groups is 1. The number of nitrogens with one attached hydrogen (secondary N) is 1. The summed E-state index contributed by atoms with van der Waals surface area (Å²) in [7, 11) is -3.91. The third kappa shape index (κ3) is 4.46. The summed E-state index contributed by atoms with van der Waals surface area (Å²) in [6.45, 7) is 3.41. The van der Waals surface area contributed by atoms with Gasteiger partial charge in [0, 0.05) is 21.5 Å². The quantitative estimate of drug-likeness (QED) is 0.811. The molecule has 2 rings (SSSR count). The van der Waals surface area contributed by atoms with Crippen LogP contribution in [0.5, 0.6) is 0 Å². The lowest BCUT2D eigenvalue weighted by Gasteiger charge is -2.05. The summed E-state index contributed by atoms with van der Waals surface area (Å²) >= 11 is 12.0. The van der Waals surface area contributed by atoms with Crippen molar-refractivity contribution in [2.75, 3.05) is 0 Å². The highest BCUT2D eigenvalue weighted by Gasteiger charge is 2.25. The minimum atomic E-state index is -3.91. The first-order valence-corrected chi connectivity index (χ1v) is 9.37. The van der Waals surface area contributed by atoms with Crippen molar-refractivity contribution in [2.45, 2.75) is 31.4 Å². The molecular weight excluding hydrogens is 377 g/mol. The van der Waals surface area contributed by atoms with Crippen LogP contribution in [-0.2, 0) is 26.9 Å². The monoisotopic (exact) mass is 391 g/mol. The van der Waals surface area contributed by atoms with Crippen LogP contribution in [0.1, 0.15) is 25.3 Å². The van der Waals surface area contributed by atoms with Crippen molar-refractivity contribution in [2.24, 2.45) is 5.92 Å². The van der Waals surface area contributed by atoms with Crippen LogP contribution in [-0.4, -0.2) is 24.5 Å². The van der Waals surface area contributed by atoms with E-state index in [9.17, 15) is 13.2 Å². The molecule has 0 fully saturated rings. The first kappa shape index (κ1) is 18.7. The van der Waals surface area contributed by atoms with Crippen LogP contribution in [0.25, 0.3) is 0 Å². The van der Waals surface area contributed by atoms with Gasteiger partial charge in [-0.15, -0.1) is 5.10 Å². The summed E-state index contributed by atoms with van der Waals surface area (Å²) in [6, 6.07) is 4.70. The predicted octanol–water partition coefficient (Wildman–Crippen LogP) is 2.62. The molecule has 1 aromatic heterocycles.